The fourth-order valence-corrected chi connectivity index (χ4v) is 0.720. The molecule has 1 heterocycles. The van der Waals surface area contributed by atoms with E-state index >= 15 is 0 Å². The van der Waals surface area contributed by atoms with E-state index in [0.29, 0.717) is 6.20 Å². The molecule has 0 saturated carbocycles. The van der Waals surface area contributed by atoms with Gasteiger partial charge in [-0.2, -0.15) is 13.2 Å². The molecule has 0 bridgehead atoms. The van der Waals surface area contributed by atoms with Crippen LogP contribution in [-0.2, 0) is 17.5 Å². The Morgan fingerprint density at radius 2 is 2.29 bits per heavy atom. The van der Waals surface area contributed by atoms with Gasteiger partial charge >= 0.3 is 12.3 Å². The molecule has 14 heavy (non-hydrogen) atoms. The molecular formula is C6H6F3N3O2. The molecule has 1 aromatic heterocycles. The van der Waals surface area contributed by atoms with E-state index in [1.54, 1.807) is 0 Å². The Balaban J connectivity index is 2.64. The number of imidazole rings is 1. The summed E-state index contributed by atoms with van der Waals surface area (Å²) < 4.78 is 40.2. The maximum Gasteiger partial charge on any atom is 0.434 e. The predicted octanol–water partition coefficient (Wildman–Crippen LogP) is 1.02. The first-order chi connectivity index (χ1) is 6.39. The number of ether oxygens (including phenoxy) is 1. The van der Waals surface area contributed by atoms with E-state index in [1.807, 2.05) is 0 Å². The zero-order valence-corrected chi connectivity index (χ0v) is 6.76. The number of aromatic nitrogens is 2. The average Bonchev–Trinajstić information content (AvgIpc) is 2.47. The quantitative estimate of drug-likeness (QED) is 0.762. The second-order valence-electron chi connectivity index (χ2n) is 2.34. The van der Waals surface area contributed by atoms with E-state index in [1.165, 1.54) is 0 Å². The van der Waals surface area contributed by atoms with E-state index in [-0.39, 0.29) is 5.82 Å². The molecule has 3 N–H and O–H groups in total. The van der Waals surface area contributed by atoms with Crippen molar-refractivity contribution in [3.8, 4) is 0 Å². The summed E-state index contributed by atoms with van der Waals surface area (Å²) in [4.78, 5) is 15.5. The Kier molecular flexibility index (Phi) is 2.63. The number of nitrogens with two attached hydrogens (primary N) is 1. The number of nitrogens with one attached hydrogen (secondary N) is 1. The average molecular weight is 209 g/mol. The summed E-state index contributed by atoms with van der Waals surface area (Å²) in [6.07, 6.45) is -4.91. The van der Waals surface area contributed by atoms with Gasteiger partial charge in [0.1, 0.15) is 5.82 Å². The van der Waals surface area contributed by atoms with Crippen molar-refractivity contribution in [3.63, 3.8) is 0 Å². The first kappa shape index (κ1) is 10.4. The molecule has 78 valence electrons. The molecule has 0 radical (unpaired) electrons. The number of aromatic amines is 1. The van der Waals surface area contributed by atoms with Crippen LogP contribution in [0.15, 0.2) is 6.20 Å². The van der Waals surface area contributed by atoms with Gasteiger partial charge in [0, 0.05) is 6.20 Å². The molecule has 1 amide bonds. The van der Waals surface area contributed by atoms with Gasteiger partial charge in [-0.1, -0.05) is 0 Å². The largest absolute Gasteiger partial charge is 0.442 e. The highest BCUT2D eigenvalue weighted by atomic mass is 19.4. The summed E-state index contributed by atoms with van der Waals surface area (Å²) in [5.74, 6) is -0.115. The predicted molar refractivity (Wildman–Crippen MR) is 38.0 cm³/mol. The molecule has 0 aliphatic rings. The summed E-state index contributed by atoms with van der Waals surface area (Å²) in [6, 6.07) is 0. The van der Waals surface area contributed by atoms with Gasteiger partial charge in [0.2, 0.25) is 0 Å². The van der Waals surface area contributed by atoms with Gasteiger partial charge in [-0.3, -0.25) is 0 Å². The monoisotopic (exact) mass is 209 g/mol. The highest BCUT2D eigenvalue weighted by molar-refractivity contribution is 5.64. The normalized spacial score (nSPS) is 11.4. The number of amides is 1. The maximum absolute atomic E-state index is 12.0. The molecule has 8 heteroatoms. The molecule has 0 atom stereocenters. The second kappa shape index (κ2) is 3.56. The van der Waals surface area contributed by atoms with Gasteiger partial charge in [0.15, 0.2) is 12.3 Å². The van der Waals surface area contributed by atoms with Crippen LogP contribution in [0, 0.1) is 0 Å². The summed E-state index contributed by atoms with van der Waals surface area (Å²) in [5.41, 5.74) is 3.54. The van der Waals surface area contributed by atoms with Gasteiger partial charge < -0.3 is 15.5 Å². The lowest BCUT2D eigenvalue weighted by molar-refractivity contribution is -0.141. The van der Waals surface area contributed by atoms with Crippen LogP contribution in [0.25, 0.3) is 0 Å². The van der Waals surface area contributed by atoms with Crippen LogP contribution >= 0.6 is 0 Å². The topological polar surface area (TPSA) is 81.0 Å². The number of nitrogens with zero attached hydrogens (tertiary/aromatic N) is 1. The lowest BCUT2D eigenvalue weighted by Gasteiger charge is -1.99. The molecule has 0 aliphatic carbocycles. The molecule has 1 aromatic rings. The van der Waals surface area contributed by atoms with E-state index in [2.05, 4.69) is 20.4 Å². The minimum Gasteiger partial charge on any atom is -0.442 e. The van der Waals surface area contributed by atoms with Crippen molar-refractivity contribution in [2.75, 3.05) is 0 Å². The first-order valence-electron chi connectivity index (χ1n) is 3.43. The van der Waals surface area contributed by atoms with Crippen LogP contribution in [0.5, 0.6) is 0 Å². The van der Waals surface area contributed by atoms with Crippen molar-refractivity contribution in [2.45, 2.75) is 12.8 Å². The zero-order chi connectivity index (χ0) is 10.8. The molecule has 0 aliphatic heterocycles. The molecule has 0 unspecified atom stereocenters. The number of rotatable bonds is 2. The summed E-state index contributed by atoms with van der Waals surface area (Å²) >= 11 is 0. The molecule has 0 saturated heterocycles. The van der Waals surface area contributed by atoms with Crippen LogP contribution in [0.3, 0.4) is 0 Å². The number of carbonyl (C=O) groups is 1. The fraction of sp³-hybridized carbons (Fsp3) is 0.333. The minimum atomic E-state index is -4.51. The van der Waals surface area contributed by atoms with Crippen molar-refractivity contribution >= 4 is 6.09 Å². The lowest BCUT2D eigenvalue weighted by Crippen LogP contribution is -2.13. The Morgan fingerprint density at radius 1 is 1.64 bits per heavy atom. The Morgan fingerprint density at radius 3 is 2.71 bits per heavy atom. The van der Waals surface area contributed by atoms with Crippen molar-refractivity contribution in [1.82, 2.24) is 9.97 Å². The van der Waals surface area contributed by atoms with Crippen LogP contribution in [0.4, 0.5) is 18.0 Å². The summed E-state index contributed by atoms with van der Waals surface area (Å²) in [7, 11) is 0. The van der Waals surface area contributed by atoms with Crippen LogP contribution in [-0.4, -0.2) is 16.1 Å². The third-order valence-corrected chi connectivity index (χ3v) is 1.27. The van der Waals surface area contributed by atoms with Crippen molar-refractivity contribution in [1.29, 1.82) is 0 Å². The zero-order valence-electron chi connectivity index (χ0n) is 6.76. The molecule has 1 rings (SSSR count). The number of carbonyl (C=O) groups excluding carboxylic acids is 1. The van der Waals surface area contributed by atoms with Gasteiger partial charge in [-0.05, 0) is 0 Å². The van der Waals surface area contributed by atoms with Crippen LogP contribution in [0.1, 0.15) is 11.5 Å². The minimum absolute atomic E-state index is 0.115. The number of halogens is 3. The fourth-order valence-electron chi connectivity index (χ4n) is 0.720. The van der Waals surface area contributed by atoms with E-state index in [0.717, 1.165) is 0 Å². The standard InChI is InChI=1S/C6H6F3N3O2/c7-6(8,9)3-1-11-4(12-3)2-14-5(10)13/h1H,2H2,(H2,10,13)(H,11,12). The molecular weight excluding hydrogens is 203 g/mol. The van der Waals surface area contributed by atoms with E-state index in [9.17, 15) is 18.0 Å². The third-order valence-electron chi connectivity index (χ3n) is 1.27. The van der Waals surface area contributed by atoms with Gasteiger partial charge in [-0.25, -0.2) is 9.78 Å². The van der Waals surface area contributed by atoms with Crippen molar-refractivity contribution in [3.05, 3.63) is 17.7 Å². The highest BCUT2D eigenvalue weighted by Crippen LogP contribution is 2.27. The SMILES string of the molecule is NC(=O)OCc1nc(C(F)(F)F)c[nH]1. The van der Waals surface area contributed by atoms with Gasteiger partial charge in [-0.15, -0.1) is 0 Å². The number of primary amides is 1. The molecule has 0 fully saturated rings. The van der Waals surface area contributed by atoms with Crippen molar-refractivity contribution in [2.24, 2.45) is 5.73 Å². The van der Waals surface area contributed by atoms with Crippen LogP contribution < -0.4 is 5.73 Å². The smallest absolute Gasteiger partial charge is 0.434 e. The number of hydrogen-bond donors (Lipinski definition) is 2. The maximum atomic E-state index is 12.0. The molecule has 0 spiro atoms. The van der Waals surface area contributed by atoms with Gasteiger partial charge in [0.05, 0.1) is 0 Å². The Labute approximate surface area is 76.1 Å². The number of H-pyrrole nitrogens is 1. The first-order valence-corrected chi connectivity index (χ1v) is 3.43. The lowest BCUT2D eigenvalue weighted by atomic mass is 10.5. The Hall–Kier alpha value is -1.73. The van der Waals surface area contributed by atoms with Gasteiger partial charge in [0.25, 0.3) is 0 Å². The molecule has 0 aromatic carbocycles. The van der Waals surface area contributed by atoms with Crippen molar-refractivity contribution < 1.29 is 22.7 Å². The van der Waals surface area contributed by atoms with Crippen LogP contribution in [0.2, 0.25) is 0 Å². The summed E-state index contributed by atoms with van der Waals surface area (Å²) in [5, 5.41) is 0. The van der Waals surface area contributed by atoms with E-state index < -0.39 is 24.6 Å². The highest BCUT2D eigenvalue weighted by Gasteiger charge is 2.33. The number of alkyl halides is 3. The summed E-state index contributed by atoms with van der Waals surface area (Å²) in [6.45, 7) is -0.411. The molecule has 5 nitrogen and oxygen atoms in total. The third kappa shape index (κ3) is 2.64. The van der Waals surface area contributed by atoms with E-state index in [4.69, 9.17) is 0 Å². The Bertz CT molecular complexity index is 333. The number of hydrogen-bond acceptors (Lipinski definition) is 3. The second-order valence-corrected chi connectivity index (χ2v) is 2.34.